The average Bonchev–Trinajstić information content (AvgIpc) is 3.17. The number of benzene rings is 1. The molecule has 8 nitrogen and oxygen atoms in total. The van der Waals surface area contributed by atoms with E-state index >= 15 is 0 Å². The number of carbonyl (C=O) groups is 1. The van der Waals surface area contributed by atoms with Crippen molar-refractivity contribution in [3.8, 4) is 5.75 Å². The zero-order chi connectivity index (χ0) is 19.0. The molecule has 1 aliphatic heterocycles. The Bertz CT molecular complexity index is 992. The molecule has 1 atom stereocenters. The largest absolute Gasteiger partial charge is 0.433 e. The molecule has 1 unspecified atom stereocenters. The number of nitrogens with one attached hydrogen (secondary N) is 1. The topological polar surface area (TPSA) is 84.6 Å². The second-order valence-corrected chi connectivity index (χ2v) is 6.05. The molecule has 1 amide bonds. The van der Waals surface area contributed by atoms with E-state index in [1.54, 1.807) is 37.3 Å². The molecule has 0 radical (unpaired) electrons. The van der Waals surface area contributed by atoms with Crippen LogP contribution in [0.5, 0.6) is 5.75 Å². The number of carbonyl (C=O) groups excluding carboxylic acids is 1. The van der Waals surface area contributed by atoms with Crippen LogP contribution in [0, 0.1) is 6.92 Å². The van der Waals surface area contributed by atoms with Crippen LogP contribution in [0.4, 0.5) is 20.3 Å². The van der Waals surface area contributed by atoms with Gasteiger partial charge in [0.15, 0.2) is 5.65 Å². The first-order valence-corrected chi connectivity index (χ1v) is 8.34. The molecule has 140 valence electrons. The number of aromatic nitrogens is 4. The Hall–Kier alpha value is -3.30. The van der Waals surface area contributed by atoms with E-state index in [0.717, 1.165) is 0 Å². The van der Waals surface area contributed by atoms with E-state index < -0.39 is 12.7 Å². The predicted octanol–water partition coefficient (Wildman–Crippen LogP) is 2.25. The van der Waals surface area contributed by atoms with E-state index in [1.165, 1.54) is 15.6 Å². The van der Waals surface area contributed by atoms with E-state index in [-0.39, 0.29) is 11.7 Å². The molecular formula is C17H16F2N6O2. The lowest BCUT2D eigenvalue weighted by Crippen LogP contribution is -2.34. The number of aryl methyl sites for hydroxylation is 1. The molecule has 2 aromatic heterocycles. The van der Waals surface area contributed by atoms with Gasteiger partial charge in [-0.1, -0.05) is 12.1 Å². The summed E-state index contributed by atoms with van der Waals surface area (Å²) in [6.07, 6.45) is 0.498. The van der Waals surface area contributed by atoms with Crippen molar-refractivity contribution >= 4 is 23.1 Å². The zero-order valence-corrected chi connectivity index (χ0v) is 14.3. The predicted molar refractivity (Wildman–Crippen MR) is 93.0 cm³/mol. The number of para-hydroxylation sites is 2. The number of anilines is 2. The molecule has 3 heterocycles. The van der Waals surface area contributed by atoms with Gasteiger partial charge in [0.1, 0.15) is 23.4 Å². The van der Waals surface area contributed by atoms with Gasteiger partial charge in [0.2, 0.25) is 5.91 Å². The molecule has 0 aliphatic carbocycles. The van der Waals surface area contributed by atoms with Crippen molar-refractivity contribution in [3.05, 3.63) is 42.2 Å². The molecule has 10 heteroatoms. The third-order valence-corrected chi connectivity index (χ3v) is 4.21. The van der Waals surface area contributed by atoms with Crippen LogP contribution in [-0.2, 0) is 4.79 Å². The van der Waals surface area contributed by atoms with Gasteiger partial charge in [-0.05, 0) is 37.6 Å². The lowest BCUT2D eigenvalue weighted by molar-refractivity contribution is -0.117. The Balaban J connectivity index is 1.53. The van der Waals surface area contributed by atoms with Crippen molar-refractivity contribution in [2.24, 2.45) is 0 Å². The molecule has 4 rings (SSSR count). The lowest BCUT2D eigenvalue weighted by atomic mass is 10.2. The number of fused-ring (bicyclic) bond motifs is 1. The van der Waals surface area contributed by atoms with Gasteiger partial charge in [-0.2, -0.15) is 8.78 Å². The monoisotopic (exact) mass is 374 g/mol. The van der Waals surface area contributed by atoms with Gasteiger partial charge >= 0.3 is 6.61 Å². The first-order valence-electron chi connectivity index (χ1n) is 8.34. The van der Waals surface area contributed by atoms with Crippen LogP contribution in [0.1, 0.15) is 12.2 Å². The third kappa shape index (κ3) is 3.37. The van der Waals surface area contributed by atoms with Crippen molar-refractivity contribution in [3.63, 3.8) is 0 Å². The van der Waals surface area contributed by atoms with Crippen LogP contribution >= 0.6 is 0 Å². The minimum Gasteiger partial charge on any atom is -0.433 e. The highest BCUT2D eigenvalue weighted by Gasteiger charge is 2.34. The minimum atomic E-state index is -2.96. The number of halogens is 2. The molecule has 0 bridgehead atoms. The summed E-state index contributed by atoms with van der Waals surface area (Å²) in [5.41, 5.74) is 0.929. The zero-order valence-electron chi connectivity index (χ0n) is 14.3. The van der Waals surface area contributed by atoms with Gasteiger partial charge in [0.25, 0.3) is 0 Å². The Morgan fingerprint density at radius 3 is 2.85 bits per heavy atom. The summed E-state index contributed by atoms with van der Waals surface area (Å²) in [4.78, 5) is 18.4. The highest BCUT2D eigenvalue weighted by molar-refractivity contribution is 6.02. The fourth-order valence-electron chi connectivity index (χ4n) is 3.07. The van der Waals surface area contributed by atoms with E-state index in [9.17, 15) is 13.6 Å². The number of hydrogen-bond acceptors (Lipinski definition) is 6. The summed E-state index contributed by atoms with van der Waals surface area (Å²) in [6.45, 7) is -0.816. The van der Waals surface area contributed by atoms with Crippen LogP contribution in [0.2, 0.25) is 0 Å². The fourth-order valence-corrected chi connectivity index (χ4v) is 3.07. The molecule has 1 aliphatic rings. The van der Waals surface area contributed by atoms with E-state index in [1.807, 2.05) is 0 Å². The number of hydrogen-bond donors (Lipinski definition) is 1. The maximum atomic E-state index is 12.8. The molecule has 3 aromatic rings. The van der Waals surface area contributed by atoms with Crippen molar-refractivity contribution in [1.82, 2.24) is 19.8 Å². The van der Waals surface area contributed by atoms with Gasteiger partial charge in [0, 0.05) is 6.54 Å². The summed E-state index contributed by atoms with van der Waals surface area (Å²) in [6, 6.07) is 9.18. The second-order valence-electron chi connectivity index (χ2n) is 6.05. The summed E-state index contributed by atoms with van der Waals surface area (Å²) in [5, 5.41) is 11.5. The normalized spacial score (nSPS) is 17.1. The SMILES string of the molecule is Cc1nc2ccc(NC3CCN(c4ccccc4OC(F)F)C3=O)nn2n1. The third-order valence-electron chi connectivity index (χ3n) is 4.21. The van der Waals surface area contributed by atoms with Gasteiger partial charge in [-0.15, -0.1) is 14.8 Å². The number of amides is 1. The Kier molecular flexibility index (Phi) is 4.30. The van der Waals surface area contributed by atoms with Crippen molar-refractivity contribution in [2.75, 3.05) is 16.8 Å². The Morgan fingerprint density at radius 1 is 1.22 bits per heavy atom. The maximum Gasteiger partial charge on any atom is 0.387 e. The number of alkyl halides is 2. The van der Waals surface area contributed by atoms with Crippen LogP contribution < -0.4 is 15.0 Å². The summed E-state index contributed by atoms with van der Waals surface area (Å²) in [7, 11) is 0. The molecule has 0 saturated carbocycles. The standard InChI is InChI=1S/C17H16F2N6O2/c1-10-20-15-7-6-14(23-25(15)22-10)21-11-8-9-24(16(11)26)12-4-2-3-5-13(12)27-17(18)19/h2-7,11,17H,8-9H2,1H3,(H,21,23). The number of nitrogens with zero attached hydrogens (tertiary/aromatic N) is 5. The smallest absolute Gasteiger partial charge is 0.387 e. The minimum absolute atomic E-state index is 0.0286. The molecule has 27 heavy (non-hydrogen) atoms. The molecule has 1 fully saturated rings. The molecule has 1 saturated heterocycles. The van der Waals surface area contributed by atoms with E-state index in [4.69, 9.17) is 0 Å². The fraction of sp³-hybridized carbons (Fsp3) is 0.294. The first-order chi connectivity index (χ1) is 13.0. The first kappa shape index (κ1) is 17.1. The van der Waals surface area contributed by atoms with Crippen LogP contribution in [0.15, 0.2) is 36.4 Å². The second kappa shape index (κ2) is 6.78. The number of rotatable bonds is 5. The van der Waals surface area contributed by atoms with Crippen LogP contribution in [0.3, 0.4) is 0 Å². The van der Waals surface area contributed by atoms with E-state index in [2.05, 4.69) is 25.2 Å². The van der Waals surface area contributed by atoms with Crippen molar-refractivity contribution in [1.29, 1.82) is 0 Å². The summed E-state index contributed by atoms with van der Waals surface area (Å²) >= 11 is 0. The van der Waals surface area contributed by atoms with Gasteiger partial charge < -0.3 is 15.0 Å². The van der Waals surface area contributed by atoms with Gasteiger partial charge in [-0.3, -0.25) is 4.79 Å². The van der Waals surface area contributed by atoms with Gasteiger partial charge in [0.05, 0.1) is 5.69 Å². The van der Waals surface area contributed by atoms with Crippen molar-refractivity contribution < 1.29 is 18.3 Å². The molecule has 1 aromatic carbocycles. The number of ether oxygens (including phenoxy) is 1. The molecule has 0 spiro atoms. The Labute approximate surface area is 152 Å². The lowest BCUT2D eigenvalue weighted by Gasteiger charge is -2.20. The summed E-state index contributed by atoms with van der Waals surface area (Å²) < 4.78 is 31.2. The van der Waals surface area contributed by atoms with Gasteiger partial charge in [-0.25, -0.2) is 4.98 Å². The highest BCUT2D eigenvalue weighted by Crippen LogP contribution is 2.32. The molecule has 1 N–H and O–H groups in total. The average molecular weight is 374 g/mol. The van der Waals surface area contributed by atoms with Crippen LogP contribution in [-0.4, -0.2) is 44.9 Å². The van der Waals surface area contributed by atoms with E-state index in [0.29, 0.717) is 35.9 Å². The van der Waals surface area contributed by atoms with Crippen LogP contribution in [0.25, 0.3) is 5.65 Å². The quantitative estimate of drug-likeness (QED) is 0.737. The summed E-state index contributed by atoms with van der Waals surface area (Å²) in [5.74, 6) is 0.805. The Morgan fingerprint density at radius 2 is 2.04 bits per heavy atom. The maximum absolute atomic E-state index is 12.8. The van der Waals surface area contributed by atoms with Crippen molar-refractivity contribution in [2.45, 2.75) is 26.0 Å². The highest BCUT2D eigenvalue weighted by atomic mass is 19.3. The molecular weight excluding hydrogens is 358 g/mol.